The highest BCUT2D eigenvalue weighted by molar-refractivity contribution is 5.97. The molecule has 0 saturated carbocycles. The zero-order valence-electron chi connectivity index (χ0n) is 12.9. The van der Waals surface area contributed by atoms with Gasteiger partial charge in [0.05, 0.1) is 20.3 Å². The molecule has 4 nitrogen and oxygen atoms in total. The fourth-order valence-corrected chi connectivity index (χ4v) is 2.04. The molecule has 1 aromatic rings. The molecule has 0 spiro atoms. The molecule has 0 aliphatic rings. The minimum Gasteiger partial charge on any atom is -0.497 e. The van der Waals surface area contributed by atoms with Gasteiger partial charge in [-0.3, -0.25) is 9.69 Å². The smallest absolute Gasteiger partial charge is 0.176 e. The molecule has 4 heteroatoms. The molecule has 0 fully saturated rings. The van der Waals surface area contributed by atoms with E-state index < -0.39 is 0 Å². The number of carbonyl (C=O) groups excluding carboxylic acids is 1. The van der Waals surface area contributed by atoms with Gasteiger partial charge in [0.25, 0.3) is 0 Å². The van der Waals surface area contributed by atoms with Crippen molar-refractivity contribution in [1.82, 2.24) is 4.90 Å². The molecule has 0 bridgehead atoms. The van der Waals surface area contributed by atoms with Crippen molar-refractivity contribution in [3.8, 4) is 5.75 Å². The molecular weight excluding hydrogens is 254 g/mol. The van der Waals surface area contributed by atoms with E-state index in [1.54, 1.807) is 14.2 Å². The minimum atomic E-state index is 0.129. The highest BCUT2D eigenvalue weighted by Gasteiger charge is 2.13. The van der Waals surface area contributed by atoms with Crippen molar-refractivity contribution in [3.05, 3.63) is 29.8 Å². The lowest BCUT2D eigenvalue weighted by Crippen LogP contribution is -2.35. The van der Waals surface area contributed by atoms with Gasteiger partial charge in [0.15, 0.2) is 5.78 Å². The quantitative estimate of drug-likeness (QED) is 0.651. The van der Waals surface area contributed by atoms with E-state index in [0.29, 0.717) is 19.1 Å². The average molecular weight is 279 g/mol. The highest BCUT2D eigenvalue weighted by atomic mass is 16.5. The fraction of sp³-hybridized carbons (Fsp3) is 0.562. The number of hydrogen-bond donors (Lipinski definition) is 0. The van der Waals surface area contributed by atoms with Crippen molar-refractivity contribution >= 4 is 5.78 Å². The Morgan fingerprint density at radius 1 is 1.20 bits per heavy atom. The number of hydrogen-bond acceptors (Lipinski definition) is 4. The van der Waals surface area contributed by atoms with E-state index in [1.807, 2.05) is 24.3 Å². The van der Waals surface area contributed by atoms with Gasteiger partial charge < -0.3 is 9.47 Å². The summed E-state index contributed by atoms with van der Waals surface area (Å²) in [6, 6.07) is 7.25. The first-order valence-corrected chi connectivity index (χ1v) is 6.95. The maximum atomic E-state index is 12.3. The second kappa shape index (κ2) is 8.72. The Labute approximate surface area is 121 Å². The molecule has 1 aromatic carbocycles. The predicted molar refractivity (Wildman–Crippen MR) is 80.5 cm³/mol. The third-order valence-electron chi connectivity index (χ3n) is 3.01. The standard InChI is InChI=1S/C16H25NO3/c1-13(2)11-17(9-10-19-3)12-16(18)14-5-7-15(20-4)8-6-14/h5-8,13H,9-12H2,1-4H3. The van der Waals surface area contributed by atoms with Gasteiger partial charge in [-0.05, 0) is 30.2 Å². The Morgan fingerprint density at radius 3 is 2.35 bits per heavy atom. The molecule has 0 unspecified atom stereocenters. The SMILES string of the molecule is COCCN(CC(=O)c1ccc(OC)cc1)CC(C)C. The van der Waals surface area contributed by atoms with Gasteiger partial charge in [-0.2, -0.15) is 0 Å². The molecule has 0 aromatic heterocycles. The van der Waals surface area contributed by atoms with Crippen LogP contribution in [0.1, 0.15) is 24.2 Å². The van der Waals surface area contributed by atoms with E-state index in [9.17, 15) is 4.79 Å². The van der Waals surface area contributed by atoms with E-state index in [0.717, 1.165) is 24.4 Å². The Morgan fingerprint density at radius 2 is 1.85 bits per heavy atom. The zero-order chi connectivity index (χ0) is 15.0. The number of carbonyl (C=O) groups is 1. The first-order chi connectivity index (χ1) is 9.56. The first-order valence-electron chi connectivity index (χ1n) is 6.95. The second-order valence-corrected chi connectivity index (χ2v) is 5.27. The molecule has 0 radical (unpaired) electrons. The second-order valence-electron chi connectivity index (χ2n) is 5.27. The lowest BCUT2D eigenvalue weighted by molar-refractivity contribution is 0.0881. The number of Topliss-reactive ketones (excluding diaryl/α,β-unsaturated/α-hetero) is 1. The van der Waals surface area contributed by atoms with Gasteiger partial charge >= 0.3 is 0 Å². The number of nitrogens with zero attached hydrogens (tertiary/aromatic N) is 1. The van der Waals surface area contributed by atoms with Crippen molar-refractivity contribution in [2.45, 2.75) is 13.8 Å². The number of ketones is 1. The number of methoxy groups -OCH3 is 2. The Bertz CT molecular complexity index is 401. The number of ether oxygens (including phenoxy) is 2. The predicted octanol–water partition coefficient (Wildman–Crippen LogP) is 2.48. The normalized spacial score (nSPS) is 11.1. The van der Waals surface area contributed by atoms with Gasteiger partial charge in [0.2, 0.25) is 0 Å². The fourth-order valence-electron chi connectivity index (χ4n) is 2.04. The minimum absolute atomic E-state index is 0.129. The molecule has 0 amide bonds. The lowest BCUT2D eigenvalue weighted by atomic mass is 10.1. The molecule has 0 heterocycles. The van der Waals surface area contributed by atoms with Gasteiger partial charge in [-0.1, -0.05) is 13.8 Å². The van der Waals surface area contributed by atoms with E-state index >= 15 is 0 Å². The van der Waals surface area contributed by atoms with Crippen molar-refractivity contribution in [1.29, 1.82) is 0 Å². The summed E-state index contributed by atoms with van der Waals surface area (Å²) in [7, 11) is 3.30. The van der Waals surface area contributed by atoms with Crippen LogP contribution >= 0.6 is 0 Å². The molecule has 20 heavy (non-hydrogen) atoms. The topological polar surface area (TPSA) is 38.8 Å². The average Bonchev–Trinajstić information content (AvgIpc) is 2.44. The molecule has 112 valence electrons. The highest BCUT2D eigenvalue weighted by Crippen LogP contribution is 2.12. The van der Waals surface area contributed by atoms with Gasteiger partial charge in [-0.25, -0.2) is 0 Å². The summed E-state index contributed by atoms with van der Waals surface area (Å²) in [6.07, 6.45) is 0. The largest absolute Gasteiger partial charge is 0.497 e. The monoisotopic (exact) mass is 279 g/mol. The molecule has 0 N–H and O–H groups in total. The van der Waals surface area contributed by atoms with Gasteiger partial charge in [0.1, 0.15) is 5.75 Å². The van der Waals surface area contributed by atoms with Crippen molar-refractivity contribution in [2.75, 3.05) is 40.5 Å². The van der Waals surface area contributed by atoms with E-state index in [4.69, 9.17) is 9.47 Å². The Kier molecular flexibility index (Phi) is 7.26. The van der Waals surface area contributed by atoms with Crippen LogP contribution in [-0.4, -0.2) is 51.1 Å². The van der Waals surface area contributed by atoms with Crippen LogP contribution in [0.15, 0.2) is 24.3 Å². The van der Waals surface area contributed by atoms with Crippen molar-refractivity contribution in [2.24, 2.45) is 5.92 Å². The molecule has 0 aliphatic carbocycles. The molecule has 1 rings (SSSR count). The lowest BCUT2D eigenvalue weighted by Gasteiger charge is -2.23. The number of benzene rings is 1. The Hall–Kier alpha value is -1.39. The van der Waals surface area contributed by atoms with Crippen LogP contribution in [0.2, 0.25) is 0 Å². The van der Waals surface area contributed by atoms with Crippen LogP contribution in [0.3, 0.4) is 0 Å². The number of rotatable bonds is 9. The van der Waals surface area contributed by atoms with Crippen molar-refractivity contribution < 1.29 is 14.3 Å². The summed E-state index contributed by atoms with van der Waals surface area (Å²) in [5.41, 5.74) is 0.719. The van der Waals surface area contributed by atoms with Crippen LogP contribution in [0.25, 0.3) is 0 Å². The van der Waals surface area contributed by atoms with Crippen molar-refractivity contribution in [3.63, 3.8) is 0 Å². The summed E-state index contributed by atoms with van der Waals surface area (Å²) in [4.78, 5) is 14.4. The summed E-state index contributed by atoms with van der Waals surface area (Å²) >= 11 is 0. The third-order valence-corrected chi connectivity index (χ3v) is 3.01. The van der Waals surface area contributed by atoms with Crippen LogP contribution in [-0.2, 0) is 4.74 Å². The summed E-state index contributed by atoms with van der Waals surface area (Å²) in [5.74, 6) is 1.42. The van der Waals surface area contributed by atoms with Gasteiger partial charge in [-0.15, -0.1) is 0 Å². The summed E-state index contributed by atoms with van der Waals surface area (Å²) in [5, 5.41) is 0. The maximum absolute atomic E-state index is 12.3. The van der Waals surface area contributed by atoms with Crippen LogP contribution in [0.5, 0.6) is 5.75 Å². The van der Waals surface area contributed by atoms with E-state index in [-0.39, 0.29) is 5.78 Å². The molecule has 0 saturated heterocycles. The van der Waals surface area contributed by atoms with Crippen LogP contribution < -0.4 is 4.74 Å². The first kappa shape index (κ1) is 16.7. The van der Waals surface area contributed by atoms with Gasteiger partial charge in [0, 0.05) is 25.8 Å². The molecule has 0 atom stereocenters. The molecule has 0 aliphatic heterocycles. The molecular formula is C16H25NO3. The summed E-state index contributed by atoms with van der Waals surface area (Å²) < 4.78 is 10.2. The zero-order valence-corrected chi connectivity index (χ0v) is 12.9. The summed E-state index contributed by atoms with van der Waals surface area (Å²) in [6.45, 7) is 7.04. The van der Waals surface area contributed by atoms with E-state index in [1.165, 1.54) is 0 Å². The van der Waals surface area contributed by atoms with E-state index in [2.05, 4.69) is 18.7 Å². The maximum Gasteiger partial charge on any atom is 0.176 e. The van der Waals surface area contributed by atoms with Crippen LogP contribution in [0, 0.1) is 5.92 Å². The van der Waals surface area contributed by atoms with Crippen LogP contribution in [0.4, 0.5) is 0 Å². The Balaban J connectivity index is 2.63. The third kappa shape index (κ3) is 5.72.